The van der Waals surface area contributed by atoms with Gasteiger partial charge in [0.25, 0.3) is 0 Å². The van der Waals surface area contributed by atoms with Gasteiger partial charge in [-0.25, -0.2) is 0 Å². The zero-order valence-corrected chi connectivity index (χ0v) is 17.7. The minimum Gasteiger partial charge on any atom is -0.490 e. The number of anilines is 2. The highest BCUT2D eigenvalue weighted by molar-refractivity contribution is 6.11. The Bertz CT molecular complexity index is 1010. The van der Waals surface area contributed by atoms with Gasteiger partial charge in [0.2, 0.25) is 11.8 Å². The molecule has 31 heavy (non-hydrogen) atoms. The second-order valence-corrected chi connectivity index (χ2v) is 8.32. The molecule has 2 atom stereocenters. The van der Waals surface area contributed by atoms with Crippen LogP contribution >= 0.6 is 0 Å². The van der Waals surface area contributed by atoms with Gasteiger partial charge in [0.15, 0.2) is 11.5 Å². The molecule has 0 spiro atoms. The fraction of sp³-hybridized carbons (Fsp3) is 0.417. The normalized spacial score (nSPS) is 21.8. The average molecular weight is 421 g/mol. The molecule has 0 bridgehead atoms. The summed E-state index contributed by atoms with van der Waals surface area (Å²) in [5.74, 6) is 1.34. The van der Waals surface area contributed by atoms with Crippen LogP contribution < -0.4 is 19.7 Å². The van der Waals surface area contributed by atoms with Crippen molar-refractivity contribution in [1.82, 2.24) is 4.90 Å². The number of nitrogens with one attached hydrogen (secondary N) is 1. The van der Waals surface area contributed by atoms with E-state index < -0.39 is 0 Å². The summed E-state index contributed by atoms with van der Waals surface area (Å²) >= 11 is 0. The van der Waals surface area contributed by atoms with Crippen LogP contribution in [-0.4, -0.2) is 49.1 Å². The fourth-order valence-corrected chi connectivity index (χ4v) is 4.79. The van der Waals surface area contributed by atoms with Gasteiger partial charge in [-0.15, -0.1) is 0 Å². The van der Waals surface area contributed by atoms with Gasteiger partial charge in [0.05, 0.1) is 30.6 Å². The summed E-state index contributed by atoms with van der Waals surface area (Å²) in [5, 5.41) is 2.85. The molecule has 0 aromatic heterocycles. The van der Waals surface area contributed by atoms with E-state index >= 15 is 0 Å². The molecule has 0 unspecified atom stereocenters. The second-order valence-electron chi connectivity index (χ2n) is 8.32. The highest BCUT2D eigenvalue weighted by atomic mass is 16.5. The lowest BCUT2D eigenvalue weighted by molar-refractivity contribution is -0.125. The Hall–Kier alpha value is -3.06. The molecule has 2 amide bonds. The zero-order valence-electron chi connectivity index (χ0n) is 17.7. The van der Waals surface area contributed by atoms with E-state index in [0.717, 1.165) is 48.6 Å². The number of carbonyl (C=O) groups is 2. The topological polar surface area (TPSA) is 71.1 Å². The average Bonchev–Trinajstić information content (AvgIpc) is 3.16. The Balaban J connectivity index is 1.39. The maximum Gasteiger partial charge on any atom is 0.244 e. The van der Waals surface area contributed by atoms with E-state index in [2.05, 4.69) is 22.3 Å². The standard InChI is InChI=1S/C24H27N3O4/c1-16(24(29)27-15-23(28)25-18-6-2-3-7-20(18)27)26-11-4-8-19(26)17-9-10-21-22(14-17)31-13-5-12-30-21/h2-3,6-7,9-10,14,16,19H,4-5,8,11-13,15H2,1H3,(H,25,28)/t16-,19+/m0/s1. The number of benzene rings is 2. The third kappa shape index (κ3) is 3.74. The van der Waals surface area contributed by atoms with Crippen LogP contribution in [0.5, 0.6) is 11.5 Å². The third-order valence-electron chi connectivity index (χ3n) is 6.34. The van der Waals surface area contributed by atoms with Gasteiger partial charge >= 0.3 is 0 Å². The molecule has 3 aliphatic heterocycles. The second kappa shape index (κ2) is 8.23. The summed E-state index contributed by atoms with van der Waals surface area (Å²) in [6.07, 6.45) is 2.87. The van der Waals surface area contributed by atoms with E-state index in [1.54, 1.807) is 4.90 Å². The minimum absolute atomic E-state index is 0.0444. The third-order valence-corrected chi connectivity index (χ3v) is 6.34. The summed E-state index contributed by atoms with van der Waals surface area (Å²) in [6, 6.07) is 13.4. The fourth-order valence-electron chi connectivity index (χ4n) is 4.79. The molecular weight excluding hydrogens is 394 g/mol. The van der Waals surface area contributed by atoms with Crippen LogP contribution in [0.15, 0.2) is 42.5 Å². The van der Waals surface area contributed by atoms with Crippen molar-refractivity contribution in [3.05, 3.63) is 48.0 Å². The first-order valence-electron chi connectivity index (χ1n) is 11.0. The summed E-state index contributed by atoms with van der Waals surface area (Å²) in [4.78, 5) is 29.6. The Morgan fingerprint density at radius 1 is 1.10 bits per heavy atom. The van der Waals surface area contributed by atoms with Gasteiger partial charge in [-0.3, -0.25) is 19.4 Å². The van der Waals surface area contributed by atoms with Crippen LogP contribution in [0.4, 0.5) is 11.4 Å². The minimum atomic E-state index is -0.345. The lowest BCUT2D eigenvalue weighted by Crippen LogP contribution is -2.51. The van der Waals surface area contributed by atoms with Gasteiger partial charge in [0, 0.05) is 12.5 Å². The van der Waals surface area contributed by atoms with Gasteiger partial charge in [-0.2, -0.15) is 0 Å². The van der Waals surface area contributed by atoms with Gasteiger partial charge in [-0.05, 0) is 56.1 Å². The monoisotopic (exact) mass is 421 g/mol. The maximum absolute atomic E-state index is 13.5. The molecule has 2 aromatic carbocycles. The van der Waals surface area contributed by atoms with Crippen LogP contribution in [0.1, 0.15) is 37.8 Å². The molecule has 1 N–H and O–H groups in total. The molecule has 7 nitrogen and oxygen atoms in total. The number of fused-ring (bicyclic) bond motifs is 2. The predicted octanol–water partition coefficient (Wildman–Crippen LogP) is 3.36. The maximum atomic E-state index is 13.5. The molecular formula is C24H27N3O4. The van der Waals surface area contributed by atoms with E-state index in [-0.39, 0.29) is 30.4 Å². The van der Waals surface area contributed by atoms with E-state index in [0.29, 0.717) is 18.9 Å². The van der Waals surface area contributed by atoms with Crippen molar-refractivity contribution in [1.29, 1.82) is 0 Å². The molecule has 2 aromatic rings. The van der Waals surface area contributed by atoms with E-state index in [1.807, 2.05) is 37.3 Å². The van der Waals surface area contributed by atoms with Gasteiger partial charge < -0.3 is 14.8 Å². The van der Waals surface area contributed by atoms with Crippen molar-refractivity contribution in [3.63, 3.8) is 0 Å². The smallest absolute Gasteiger partial charge is 0.244 e. The molecule has 162 valence electrons. The summed E-state index contributed by atoms with van der Waals surface area (Å²) in [7, 11) is 0. The molecule has 3 heterocycles. The summed E-state index contributed by atoms with van der Waals surface area (Å²) in [6.45, 7) is 4.14. The van der Waals surface area contributed by atoms with E-state index in [4.69, 9.17) is 9.47 Å². The highest BCUT2D eigenvalue weighted by Gasteiger charge is 2.37. The lowest BCUT2D eigenvalue weighted by Gasteiger charge is -2.36. The Kier molecular flexibility index (Phi) is 5.28. The molecule has 1 saturated heterocycles. The van der Waals surface area contributed by atoms with Crippen molar-refractivity contribution in [2.45, 2.75) is 38.3 Å². The highest BCUT2D eigenvalue weighted by Crippen LogP contribution is 2.39. The SMILES string of the molecule is C[C@@H](C(=O)N1CC(=O)Nc2ccccc21)N1CCC[C@@H]1c1ccc2c(c1)OCCCO2. The van der Waals surface area contributed by atoms with Crippen LogP contribution in [0.3, 0.4) is 0 Å². The number of nitrogens with zero attached hydrogens (tertiary/aromatic N) is 2. The number of rotatable bonds is 3. The number of hydrogen-bond donors (Lipinski definition) is 1. The first-order chi connectivity index (χ1) is 15.1. The Labute approximate surface area is 181 Å². The Morgan fingerprint density at radius 3 is 2.77 bits per heavy atom. The van der Waals surface area contributed by atoms with Crippen molar-refractivity contribution >= 4 is 23.2 Å². The lowest BCUT2D eigenvalue weighted by atomic mass is 10.0. The van der Waals surface area contributed by atoms with Crippen LogP contribution in [-0.2, 0) is 9.59 Å². The van der Waals surface area contributed by atoms with Crippen molar-refractivity contribution in [3.8, 4) is 11.5 Å². The zero-order chi connectivity index (χ0) is 21.4. The molecule has 7 heteroatoms. The molecule has 0 saturated carbocycles. The van der Waals surface area contributed by atoms with Crippen molar-refractivity contribution in [2.24, 2.45) is 0 Å². The van der Waals surface area contributed by atoms with Crippen LogP contribution in [0.2, 0.25) is 0 Å². The molecule has 1 fully saturated rings. The first kappa shape index (κ1) is 19.9. The number of carbonyl (C=O) groups excluding carboxylic acids is 2. The largest absolute Gasteiger partial charge is 0.490 e. The Morgan fingerprint density at radius 2 is 1.90 bits per heavy atom. The number of likely N-dealkylation sites (tertiary alicyclic amines) is 1. The molecule has 3 aliphatic rings. The van der Waals surface area contributed by atoms with Crippen LogP contribution in [0, 0.1) is 0 Å². The quantitative estimate of drug-likeness (QED) is 0.823. The summed E-state index contributed by atoms with van der Waals surface area (Å²) in [5.41, 5.74) is 2.57. The number of hydrogen-bond acceptors (Lipinski definition) is 5. The van der Waals surface area contributed by atoms with E-state index in [9.17, 15) is 9.59 Å². The summed E-state index contributed by atoms with van der Waals surface area (Å²) < 4.78 is 11.6. The van der Waals surface area contributed by atoms with Crippen molar-refractivity contribution < 1.29 is 19.1 Å². The first-order valence-corrected chi connectivity index (χ1v) is 11.0. The molecule has 5 rings (SSSR count). The predicted molar refractivity (Wildman–Crippen MR) is 118 cm³/mol. The molecule has 0 aliphatic carbocycles. The van der Waals surface area contributed by atoms with Gasteiger partial charge in [0.1, 0.15) is 6.54 Å². The number of ether oxygens (including phenoxy) is 2. The van der Waals surface area contributed by atoms with Gasteiger partial charge in [-0.1, -0.05) is 18.2 Å². The van der Waals surface area contributed by atoms with E-state index in [1.165, 1.54) is 0 Å². The molecule has 0 radical (unpaired) electrons. The van der Waals surface area contributed by atoms with Crippen LogP contribution in [0.25, 0.3) is 0 Å². The number of amides is 2. The number of para-hydroxylation sites is 2. The van der Waals surface area contributed by atoms with Crippen molar-refractivity contribution in [2.75, 3.05) is 36.5 Å².